The van der Waals surface area contributed by atoms with Crippen molar-refractivity contribution >= 4 is 90.9 Å². The molecular weight excluding hydrogens is 775 g/mol. The summed E-state index contributed by atoms with van der Waals surface area (Å²) in [6.45, 7) is 0. The van der Waals surface area contributed by atoms with E-state index in [4.69, 9.17) is 0 Å². The van der Waals surface area contributed by atoms with Crippen LogP contribution in [0.5, 0.6) is 0 Å². The minimum Gasteiger partial charge on any atom is -0.310 e. The van der Waals surface area contributed by atoms with Gasteiger partial charge in [-0.3, -0.25) is 0 Å². The Balaban J connectivity index is 1.01. The van der Waals surface area contributed by atoms with Crippen molar-refractivity contribution in [1.29, 1.82) is 0 Å². The zero-order valence-electron chi connectivity index (χ0n) is 33.1. The monoisotopic (exact) mass is 811 g/mol. The van der Waals surface area contributed by atoms with Crippen molar-refractivity contribution < 1.29 is 0 Å². The molecule has 12 rings (SSSR count). The minimum atomic E-state index is 1.10. The fraction of sp³-hybridized carbons (Fsp3) is 0. The lowest BCUT2D eigenvalue weighted by Crippen LogP contribution is -2.11. The smallest absolute Gasteiger partial charge is 0.0540 e. The van der Waals surface area contributed by atoms with Crippen LogP contribution in [0.3, 0.4) is 0 Å². The molecule has 0 fully saturated rings. The van der Waals surface area contributed by atoms with Crippen molar-refractivity contribution in [2.75, 3.05) is 4.90 Å². The molecule has 61 heavy (non-hydrogen) atoms. The Kier molecular flexibility index (Phi) is 8.62. The van der Waals surface area contributed by atoms with Gasteiger partial charge in [0.15, 0.2) is 0 Å². The van der Waals surface area contributed by atoms with Crippen LogP contribution in [0, 0.1) is 0 Å². The maximum atomic E-state index is 2.45. The fourth-order valence-corrected chi connectivity index (χ4v) is 11.6. The summed E-state index contributed by atoms with van der Waals surface area (Å²) in [7, 11) is 0. The summed E-state index contributed by atoms with van der Waals surface area (Å²) in [5, 5.41) is 7.74. The van der Waals surface area contributed by atoms with Crippen LogP contribution in [0.25, 0.3) is 95.6 Å². The summed E-state index contributed by atoms with van der Waals surface area (Å²) in [6.07, 6.45) is 0. The number of benzene rings is 10. The second-order valence-electron chi connectivity index (χ2n) is 15.7. The zero-order chi connectivity index (χ0) is 40.3. The van der Waals surface area contributed by atoms with Crippen molar-refractivity contribution in [1.82, 2.24) is 0 Å². The van der Waals surface area contributed by atoms with Crippen LogP contribution < -0.4 is 4.90 Å². The van der Waals surface area contributed by atoms with Crippen LogP contribution in [0.1, 0.15) is 0 Å². The number of anilines is 3. The molecule has 0 bridgehead atoms. The molecule has 2 heterocycles. The summed E-state index contributed by atoms with van der Waals surface area (Å²) >= 11 is 3.75. The lowest BCUT2D eigenvalue weighted by atomic mass is 9.95. The largest absolute Gasteiger partial charge is 0.310 e. The second-order valence-corrected chi connectivity index (χ2v) is 17.8. The first kappa shape index (κ1) is 35.6. The van der Waals surface area contributed by atoms with Crippen LogP contribution in [0.2, 0.25) is 0 Å². The molecule has 0 aliphatic heterocycles. The minimum absolute atomic E-state index is 1.10. The Morgan fingerprint density at radius 1 is 0.279 bits per heavy atom. The van der Waals surface area contributed by atoms with Crippen LogP contribution in [0.4, 0.5) is 17.1 Å². The van der Waals surface area contributed by atoms with Gasteiger partial charge in [-0.2, -0.15) is 0 Å². The van der Waals surface area contributed by atoms with Gasteiger partial charge >= 0.3 is 0 Å². The predicted octanol–water partition coefficient (Wildman–Crippen LogP) is 17.7. The molecule has 1 nitrogen and oxygen atoms in total. The molecule has 10 aromatic carbocycles. The van der Waals surface area contributed by atoms with Gasteiger partial charge in [0.05, 0.1) is 5.69 Å². The van der Waals surface area contributed by atoms with Gasteiger partial charge in [0.25, 0.3) is 0 Å². The zero-order valence-corrected chi connectivity index (χ0v) is 34.8. The molecule has 0 unspecified atom stereocenters. The third-order valence-corrected chi connectivity index (χ3v) is 14.4. The standard InChI is InChI=1S/C58H37NS2/c1-2-22-46-38(14-1)15-12-27-48(46)49-23-3-6-29-54(49)59(45-21-11-18-41(36-45)42-32-33-52-50-24-4-7-30-55(50)60-57(52)37-42)44-20-10-17-40(35-44)39-16-9-19-43(34-39)47-26-13-28-53-51-25-5-8-31-56(51)61-58(47)53/h1-37H. The summed E-state index contributed by atoms with van der Waals surface area (Å²) < 4.78 is 5.28. The van der Waals surface area contributed by atoms with E-state index < -0.39 is 0 Å². The number of para-hydroxylation sites is 1. The number of hydrogen-bond acceptors (Lipinski definition) is 3. The van der Waals surface area contributed by atoms with Crippen molar-refractivity contribution in [3.8, 4) is 44.5 Å². The first-order chi connectivity index (χ1) is 30.2. The van der Waals surface area contributed by atoms with Crippen LogP contribution in [-0.4, -0.2) is 0 Å². The molecule has 3 heteroatoms. The maximum Gasteiger partial charge on any atom is 0.0540 e. The molecule has 0 saturated carbocycles. The highest BCUT2D eigenvalue weighted by Crippen LogP contribution is 2.46. The van der Waals surface area contributed by atoms with E-state index in [1.54, 1.807) is 0 Å². The van der Waals surface area contributed by atoms with Gasteiger partial charge in [-0.25, -0.2) is 0 Å². The second kappa shape index (κ2) is 14.8. The van der Waals surface area contributed by atoms with Crippen LogP contribution in [0.15, 0.2) is 224 Å². The highest BCUT2D eigenvalue weighted by Gasteiger charge is 2.20. The van der Waals surface area contributed by atoms with Crippen molar-refractivity contribution in [2.24, 2.45) is 0 Å². The first-order valence-electron chi connectivity index (χ1n) is 20.7. The molecule has 2 aromatic heterocycles. The van der Waals surface area contributed by atoms with Gasteiger partial charge in [0.1, 0.15) is 0 Å². The molecule has 0 N–H and O–H groups in total. The van der Waals surface area contributed by atoms with Gasteiger partial charge in [-0.05, 0) is 104 Å². The van der Waals surface area contributed by atoms with E-state index in [0.29, 0.717) is 0 Å². The van der Waals surface area contributed by atoms with E-state index in [9.17, 15) is 0 Å². The molecular formula is C58H37NS2. The molecule has 0 amide bonds. The highest BCUT2D eigenvalue weighted by atomic mass is 32.1. The molecule has 0 aliphatic carbocycles. The van der Waals surface area contributed by atoms with Crippen LogP contribution in [-0.2, 0) is 0 Å². The Labute approximate surface area is 362 Å². The highest BCUT2D eigenvalue weighted by molar-refractivity contribution is 7.26. The Morgan fingerprint density at radius 3 is 1.59 bits per heavy atom. The number of fused-ring (bicyclic) bond motifs is 7. The summed E-state index contributed by atoms with van der Waals surface area (Å²) in [5.74, 6) is 0. The molecule has 0 saturated heterocycles. The van der Waals surface area contributed by atoms with Crippen molar-refractivity contribution in [3.05, 3.63) is 224 Å². The quantitative estimate of drug-likeness (QED) is 0.155. The maximum absolute atomic E-state index is 2.45. The molecule has 0 spiro atoms. The Morgan fingerprint density at radius 2 is 0.787 bits per heavy atom. The predicted molar refractivity (Wildman–Crippen MR) is 266 cm³/mol. The van der Waals surface area contributed by atoms with Crippen LogP contribution >= 0.6 is 22.7 Å². The lowest BCUT2D eigenvalue weighted by Gasteiger charge is -2.29. The number of hydrogen-bond donors (Lipinski definition) is 0. The van der Waals surface area contributed by atoms with E-state index in [2.05, 4.69) is 229 Å². The molecule has 286 valence electrons. The van der Waals surface area contributed by atoms with Gasteiger partial charge in [-0.15, -0.1) is 22.7 Å². The summed E-state index contributed by atoms with van der Waals surface area (Å²) in [5.41, 5.74) is 13.0. The number of rotatable bonds is 7. The van der Waals surface area contributed by atoms with Crippen molar-refractivity contribution in [2.45, 2.75) is 0 Å². The van der Waals surface area contributed by atoms with Gasteiger partial charge in [-0.1, -0.05) is 170 Å². The fourth-order valence-electron chi connectivity index (χ4n) is 9.18. The summed E-state index contributed by atoms with van der Waals surface area (Å²) in [4.78, 5) is 2.45. The van der Waals surface area contributed by atoms with E-state index in [1.807, 2.05) is 22.7 Å². The molecule has 0 aliphatic rings. The molecule has 0 radical (unpaired) electrons. The Hall–Kier alpha value is -7.30. The van der Waals surface area contributed by atoms with E-state index in [-0.39, 0.29) is 0 Å². The van der Waals surface area contributed by atoms with Gasteiger partial charge < -0.3 is 4.90 Å². The molecule has 12 aromatic rings. The topological polar surface area (TPSA) is 3.24 Å². The van der Waals surface area contributed by atoms with Crippen molar-refractivity contribution in [3.63, 3.8) is 0 Å². The van der Waals surface area contributed by atoms with E-state index in [0.717, 1.165) is 17.1 Å². The first-order valence-corrected chi connectivity index (χ1v) is 22.4. The lowest BCUT2D eigenvalue weighted by molar-refractivity contribution is 1.28. The molecule has 0 atom stereocenters. The number of nitrogens with zero attached hydrogens (tertiary/aromatic N) is 1. The average Bonchev–Trinajstić information content (AvgIpc) is 3.90. The average molecular weight is 812 g/mol. The third-order valence-electron chi connectivity index (χ3n) is 12.1. The van der Waals surface area contributed by atoms with E-state index >= 15 is 0 Å². The normalized spacial score (nSPS) is 11.6. The SMILES string of the molecule is c1cc(-c2cccc(N(c3cccc(-c4ccc5c(c4)sc4ccccc45)c3)c3ccccc3-c3cccc4ccccc34)c2)cc(-c2cccc3c2sc2ccccc23)c1. The third kappa shape index (κ3) is 6.21. The summed E-state index contributed by atoms with van der Waals surface area (Å²) in [6, 6.07) is 82.5. The number of thiophene rings is 2. The van der Waals surface area contributed by atoms with Gasteiger partial charge in [0, 0.05) is 57.3 Å². The van der Waals surface area contributed by atoms with E-state index in [1.165, 1.54) is 95.6 Å². The van der Waals surface area contributed by atoms with Gasteiger partial charge in [0.2, 0.25) is 0 Å². The Bertz CT molecular complexity index is 3620.